The fraction of sp³-hybridized carbons (Fsp3) is 0.918. The van der Waals surface area contributed by atoms with E-state index in [9.17, 15) is 14.3 Å². The molecule has 0 rings (SSSR count). The average Bonchev–Trinajstić information content (AvgIpc) is 3.35. The van der Waals surface area contributed by atoms with Gasteiger partial charge in [-0.3, -0.25) is 13.8 Å². The molecule has 9 heteroatoms. The molecule has 0 aromatic carbocycles. The second-order valence-electron chi connectivity index (χ2n) is 20.9. The van der Waals surface area contributed by atoms with E-state index in [1.165, 1.54) is 270 Å². The van der Waals surface area contributed by atoms with Crippen LogP contribution in [0.15, 0.2) is 24.3 Å². The lowest BCUT2D eigenvalue weighted by Gasteiger charge is -2.20. The summed E-state index contributed by atoms with van der Waals surface area (Å²) in [6.45, 7) is 5.00. The SMILES string of the molecule is CCCCCCCCCC/C=C\CCCCCCCCCCCCCCCCOCC(COP(=O)(O)OCCN)OC(=O)CCCCCCCCCCCCCCC/C=C\CCCCCCCCCC. The van der Waals surface area contributed by atoms with Crippen molar-refractivity contribution in [3.05, 3.63) is 24.3 Å². The smallest absolute Gasteiger partial charge is 0.457 e. The summed E-state index contributed by atoms with van der Waals surface area (Å²) in [7, 11) is -4.29. The van der Waals surface area contributed by atoms with E-state index in [2.05, 4.69) is 38.2 Å². The van der Waals surface area contributed by atoms with Crippen molar-refractivity contribution in [1.29, 1.82) is 0 Å². The van der Waals surface area contributed by atoms with Gasteiger partial charge in [-0.2, -0.15) is 0 Å². The van der Waals surface area contributed by atoms with Gasteiger partial charge in [0.1, 0.15) is 6.10 Å². The van der Waals surface area contributed by atoms with E-state index in [1.807, 2.05) is 0 Å². The Morgan fingerprint density at radius 1 is 0.414 bits per heavy atom. The van der Waals surface area contributed by atoms with Gasteiger partial charge in [0.15, 0.2) is 0 Å². The number of esters is 1. The van der Waals surface area contributed by atoms with Crippen molar-refractivity contribution in [2.75, 3.05) is 33.0 Å². The van der Waals surface area contributed by atoms with Crippen molar-refractivity contribution >= 4 is 13.8 Å². The molecule has 0 heterocycles. The van der Waals surface area contributed by atoms with Gasteiger partial charge < -0.3 is 20.1 Å². The number of ether oxygens (including phenoxy) is 2. The molecule has 0 aliphatic heterocycles. The van der Waals surface area contributed by atoms with Gasteiger partial charge in [0.05, 0.1) is 19.8 Å². The van der Waals surface area contributed by atoms with E-state index in [-0.39, 0.29) is 32.3 Å². The number of allylic oxidation sites excluding steroid dienone is 4. The zero-order valence-electron chi connectivity index (χ0n) is 46.8. The highest BCUT2D eigenvalue weighted by molar-refractivity contribution is 7.47. The molecule has 0 bridgehead atoms. The standard InChI is InChI=1S/C61H120NO7P/c1-3-5-7-9-11-13-15-17-19-21-23-25-27-29-31-33-35-37-39-41-43-45-47-49-51-53-56-66-58-60(59-68-70(64,65)67-57-55-62)69-61(63)54-52-50-48-46-44-42-40-38-36-34-32-30-28-26-24-22-20-18-16-14-12-10-8-6-4-2/h21-24,60H,3-20,25-59,62H2,1-2H3,(H,64,65)/b23-21-,24-22-. The summed E-state index contributed by atoms with van der Waals surface area (Å²) in [6.07, 6.45) is 71.0. The Balaban J connectivity index is 3.81. The fourth-order valence-electron chi connectivity index (χ4n) is 9.29. The first-order valence-electron chi connectivity index (χ1n) is 30.8. The summed E-state index contributed by atoms with van der Waals surface area (Å²) in [6, 6.07) is 0. The van der Waals surface area contributed by atoms with Crippen LogP contribution in [0.3, 0.4) is 0 Å². The van der Waals surface area contributed by atoms with Gasteiger partial charge in [0.2, 0.25) is 0 Å². The normalized spacial score (nSPS) is 13.3. The molecule has 3 N–H and O–H groups in total. The largest absolute Gasteiger partial charge is 0.472 e. The number of rotatable bonds is 60. The highest BCUT2D eigenvalue weighted by Crippen LogP contribution is 2.43. The minimum Gasteiger partial charge on any atom is -0.457 e. The number of carbonyl (C=O) groups is 1. The maximum absolute atomic E-state index is 12.7. The molecule has 0 radical (unpaired) electrons. The maximum atomic E-state index is 12.7. The second kappa shape index (κ2) is 58.9. The zero-order valence-corrected chi connectivity index (χ0v) is 47.7. The number of hydrogen-bond acceptors (Lipinski definition) is 7. The van der Waals surface area contributed by atoms with Crippen LogP contribution < -0.4 is 5.73 Å². The van der Waals surface area contributed by atoms with E-state index in [0.717, 1.165) is 32.1 Å². The molecule has 0 fully saturated rings. The van der Waals surface area contributed by atoms with Crippen LogP contribution >= 0.6 is 7.82 Å². The molecule has 0 aliphatic rings. The highest BCUT2D eigenvalue weighted by atomic mass is 31.2. The third-order valence-corrected chi connectivity index (χ3v) is 14.8. The molecule has 0 aromatic heterocycles. The van der Waals surface area contributed by atoms with Crippen LogP contribution in [0.2, 0.25) is 0 Å². The lowest BCUT2D eigenvalue weighted by molar-refractivity contribution is -0.154. The van der Waals surface area contributed by atoms with Crippen LogP contribution in [0.4, 0.5) is 0 Å². The van der Waals surface area contributed by atoms with Crippen LogP contribution in [0.5, 0.6) is 0 Å². The van der Waals surface area contributed by atoms with Crippen LogP contribution in [0, 0.1) is 0 Å². The van der Waals surface area contributed by atoms with E-state index in [1.54, 1.807) is 0 Å². The predicted molar refractivity (Wildman–Crippen MR) is 303 cm³/mol. The van der Waals surface area contributed by atoms with Crippen molar-refractivity contribution in [2.24, 2.45) is 5.73 Å². The summed E-state index contributed by atoms with van der Waals surface area (Å²) in [5.74, 6) is -0.323. The fourth-order valence-corrected chi connectivity index (χ4v) is 10.1. The predicted octanol–water partition coefficient (Wildman–Crippen LogP) is 19.9. The molecule has 0 saturated carbocycles. The van der Waals surface area contributed by atoms with Crippen molar-refractivity contribution < 1.29 is 32.8 Å². The Hall–Kier alpha value is -1.02. The Morgan fingerprint density at radius 3 is 1.04 bits per heavy atom. The number of hydrogen-bond donors (Lipinski definition) is 2. The van der Waals surface area contributed by atoms with Crippen LogP contribution in [-0.4, -0.2) is 49.9 Å². The maximum Gasteiger partial charge on any atom is 0.472 e. The molecule has 70 heavy (non-hydrogen) atoms. The highest BCUT2D eigenvalue weighted by Gasteiger charge is 2.25. The molecule has 0 aromatic rings. The van der Waals surface area contributed by atoms with Crippen LogP contribution in [0.25, 0.3) is 0 Å². The number of unbranched alkanes of at least 4 members (excludes halogenated alkanes) is 43. The Kier molecular flexibility index (Phi) is 58.0. The molecule has 0 saturated heterocycles. The molecule has 0 amide bonds. The van der Waals surface area contributed by atoms with Gasteiger partial charge in [-0.25, -0.2) is 4.57 Å². The number of phosphoric acid groups is 1. The van der Waals surface area contributed by atoms with Gasteiger partial charge in [0, 0.05) is 19.6 Å². The summed E-state index contributed by atoms with van der Waals surface area (Å²) in [5, 5.41) is 0. The first-order valence-corrected chi connectivity index (χ1v) is 32.3. The third kappa shape index (κ3) is 57.9. The van der Waals surface area contributed by atoms with Gasteiger partial charge in [0.25, 0.3) is 0 Å². The molecule has 0 spiro atoms. The van der Waals surface area contributed by atoms with E-state index in [4.69, 9.17) is 24.3 Å². The summed E-state index contributed by atoms with van der Waals surface area (Å²) >= 11 is 0. The molecule has 0 aliphatic carbocycles. The van der Waals surface area contributed by atoms with Gasteiger partial charge >= 0.3 is 13.8 Å². The van der Waals surface area contributed by atoms with E-state index in [0.29, 0.717) is 13.0 Å². The minimum atomic E-state index is -4.29. The Labute approximate surface area is 436 Å². The van der Waals surface area contributed by atoms with Crippen molar-refractivity contribution in [3.63, 3.8) is 0 Å². The molecule has 2 atom stereocenters. The molecule has 416 valence electrons. The molecular weight excluding hydrogens is 890 g/mol. The third-order valence-electron chi connectivity index (χ3n) is 13.8. The van der Waals surface area contributed by atoms with Crippen LogP contribution in [0.1, 0.15) is 322 Å². The Bertz CT molecular complexity index is 1130. The Morgan fingerprint density at radius 2 is 0.714 bits per heavy atom. The molecule has 2 unspecified atom stereocenters. The number of carbonyl (C=O) groups excluding carboxylic acids is 1. The minimum absolute atomic E-state index is 0.0926. The lowest BCUT2D eigenvalue weighted by atomic mass is 10.0. The summed E-state index contributed by atoms with van der Waals surface area (Å²) < 4.78 is 33.8. The zero-order chi connectivity index (χ0) is 50.8. The second-order valence-corrected chi connectivity index (χ2v) is 22.4. The van der Waals surface area contributed by atoms with Crippen molar-refractivity contribution in [1.82, 2.24) is 0 Å². The van der Waals surface area contributed by atoms with Gasteiger partial charge in [-0.05, 0) is 64.2 Å². The van der Waals surface area contributed by atoms with E-state index >= 15 is 0 Å². The number of phosphoric ester groups is 1. The van der Waals surface area contributed by atoms with Crippen LogP contribution in [-0.2, 0) is 27.9 Å². The summed E-state index contributed by atoms with van der Waals surface area (Å²) in [5.41, 5.74) is 5.41. The first-order chi connectivity index (χ1) is 34.4. The molecular formula is C61H120NO7P. The molecule has 8 nitrogen and oxygen atoms in total. The average molecular weight is 1010 g/mol. The van der Waals surface area contributed by atoms with Gasteiger partial charge in [-0.1, -0.05) is 276 Å². The number of nitrogens with two attached hydrogens (primary N) is 1. The van der Waals surface area contributed by atoms with E-state index < -0.39 is 13.9 Å². The van der Waals surface area contributed by atoms with Crippen molar-refractivity contribution in [3.8, 4) is 0 Å². The van der Waals surface area contributed by atoms with Gasteiger partial charge in [-0.15, -0.1) is 0 Å². The first kappa shape index (κ1) is 69.0. The summed E-state index contributed by atoms with van der Waals surface area (Å²) in [4.78, 5) is 22.7. The quantitative estimate of drug-likeness (QED) is 0.0268. The monoisotopic (exact) mass is 1010 g/mol. The topological polar surface area (TPSA) is 117 Å². The van der Waals surface area contributed by atoms with Crippen molar-refractivity contribution in [2.45, 2.75) is 328 Å². The lowest BCUT2D eigenvalue weighted by Crippen LogP contribution is -2.28.